The van der Waals surface area contributed by atoms with Gasteiger partial charge >= 0.3 is 6.09 Å². The van der Waals surface area contributed by atoms with E-state index in [-0.39, 0.29) is 12.3 Å². The first kappa shape index (κ1) is 18.2. The molecule has 0 aliphatic rings. The van der Waals surface area contributed by atoms with Crippen molar-refractivity contribution in [2.24, 2.45) is 0 Å². The topological polar surface area (TPSA) is 84.7 Å². The fraction of sp³-hybridized carbons (Fsp3) is 0.150. The zero-order valence-electron chi connectivity index (χ0n) is 15.0. The number of carbonyl (C=O) groups excluding carboxylic acids is 2. The minimum Gasteiger partial charge on any atom is -0.452 e. The number of anilines is 2. The number of amides is 2. The third-order valence-corrected chi connectivity index (χ3v) is 3.90. The number of rotatable bonds is 5. The van der Waals surface area contributed by atoms with Crippen molar-refractivity contribution in [3.8, 4) is 11.5 Å². The molecule has 0 spiro atoms. The van der Waals surface area contributed by atoms with Gasteiger partial charge in [-0.3, -0.25) is 9.69 Å². The Labute approximate surface area is 156 Å². The fourth-order valence-electron chi connectivity index (χ4n) is 2.48. The van der Waals surface area contributed by atoms with Crippen LogP contribution < -0.4 is 10.2 Å². The van der Waals surface area contributed by atoms with Crippen molar-refractivity contribution in [1.29, 1.82) is 0 Å². The molecule has 1 aromatic heterocycles. The molecule has 3 rings (SSSR count). The lowest BCUT2D eigenvalue weighted by Crippen LogP contribution is -2.25. The molecule has 7 heteroatoms. The monoisotopic (exact) mass is 365 g/mol. The highest BCUT2D eigenvalue weighted by atomic mass is 16.5. The van der Waals surface area contributed by atoms with Gasteiger partial charge in [-0.05, 0) is 36.4 Å². The molecule has 0 aliphatic heterocycles. The Bertz CT molecular complexity index is 920. The summed E-state index contributed by atoms with van der Waals surface area (Å²) < 4.78 is 10.1. The third kappa shape index (κ3) is 4.52. The predicted octanol–water partition coefficient (Wildman–Crippen LogP) is 3.73. The maximum Gasteiger partial charge on any atom is 0.413 e. The lowest BCUT2D eigenvalue weighted by atomic mass is 10.2. The molecule has 0 atom stereocenters. The summed E-state index contributed by atoms with van der Waals surface area (Å²) in [6, 6.07) is 16.3. The number of nitrogens with zero attached hydrogens (tertiary/aromatic N) is 2. The van der Waals surface area contributed by atoms with E-state index in [0.717, 1.165) is 5.56 Å². The van der Waals surface area contributed by atoms with Crippen molar-refractivity contribution in [2.45, 2.75) is 6.42 Å². The first-order valence-corrected chi connectivity index (χ1v) is 8.28. The smallest absolute Gasteiger partial charge is 0.413 e. The molecule has 2 amide bonds. The minimum atomic E-state index is -0.466. The number of benzene rings is 2. The molecule has 0 saturated heterocycles. The Balaban J connectivity index is 1.60. The first-order valence-electron chi connectivity index (χ1n) is 8.28. The lowest BCUT2D eigenvalue weighted by molar-refractivity contribution is -0.115. The minimum absolute atomic E-state index is 0.0974. The Morgan fingerprint density at radius 1 is 1.11 bits per heavy atom. The van der Waals surface area contributed by atoms with E-state index >= 15 is 0 Å². The molecule has 27 heavy (non-hydrogen) atoms. The normalized spacial score (nSPS) is 10.3. The van der Waals surface area contributed by atoms with Gasteiger partial charge in [0, 0.05) is 24.0 Å². The Kier molecular flexibility index (Phi) is 5.51. The van der Waals surface area contributed by atoms with E-state index in [9.17, 15) is 9.59 Å². The number of hydrogen-bond acceptors (Lipinski definition) is 5. The molecule has 0 aliphatic carbocycles. The molecular weight excluding hydrogens is 346 g/mol. The summed E-state index contributed by atoms with van der Waals surface area (Å²) in [5.41, 5.74) is 2.68. The predicted molar refractivity (Wildman–Crippen MR) is 102 cm³/mol. The number of ether oxygens (including phenoxy) is 1. The van der Waals surface area contributed by atoms with Crippen molar-refractivity contribution in [3.63, 3.8) is 0 Å². The Morgan fingerprint density at radius 2 is 1.81 bits per heavy atom. The third-order valence-electron chi connectivity index (χ3n) is 3.90. The number of hydrogen-bond donors (Lipinski definition) is 1. The summed E-state index contributed by atoms with van der Waals surface area (Å²) in [5.74, 6) is 0.269. The second kappa shape index (κ2) is 8.18. The van der Waals surface area contributed by atoms with Gasteiger partial charge in [0.2, 0.25) is 11.8 Å². The summed E-state index contributed by atoms with van der Waals surface area (Å²) in [4.78, 5) is 29.4. The van der Waals surface area contributed by atoms with Crippen LogP contribution in [0, 0.1) is 0 Å². The zero-order valence-corrected chi connectivity index (χ0v) is 15.0. The van der Waals surface area contributed by atoms with E-state index in [1.807, 2.05) is 30.3 Å². The van der Waals surface area contributed by atoms with Gasteiger partial charge in [0.25, 0.3) is 0 Å². The summed E-state index contributed by atoms with van der Waals surface area (Å²) >= 11 is 0. The number of carbonyl (C=O) groups is 2. The molecule has 0 saturated carbocycles. The van der Waals surface area contributed by atoms with Crippen molar-refractivity contribution in [1.82, 2.24) is 4.98 Å². The SMILES string of the molecule is COC(=O)N(C)c1ccc(NC(=O)Cc2coc(-c3ccccc3)n2)cc1. The van der Waals surface area contributed by atoms with Gasteiger partial charge in [-0.25, -0.2) is 9.78 Å². The van der Waals surface area contributed by atoms with Crippen LogP contribution in [-0.2, 0) is 16.0 Å². The quantitative estimate of drug-likeness (QED) is 0.745. The van der Waals surface area contributed by atoms with Crippen molar-refractivity contribution < 1.29 is 18.7 Å². The van der Waals surface area contributed by atoms with E-state index in [2.05, 4.69) is 15.0 Å². The van der Waals surface area contributed by atoms with E-state index in [1.165, 1.54) is 18.3 Å². The van der Waals surface area contributed by atoms with Gasteiger partial charge in [-0.1, -0.05) is 18.2 Å². The van der Waals surface area contributed by atoms with Crippen LogP contribution in [0.2, 0.25) is 0 Å². The molecule has 2 aromatic carbocycles. The van der Waals surface area contributed by atoms with Crippen LogP contribution in [0.15, 0.2) is 65.3 Å². The fourth-order valence-corrected chi connectivity index (χ4v) is 2.48. The number of oxazole rings is 1. The Hall–Kier alpha value is -3.61. The van der Waals surface area contributed by atoms with Crippen LogP contribution in [0.1, 0.15) is 5.69 Å². The van der Waals surface area contributed by atoms with Gasteiger partial charge in [-0.15, -0.1) is 0 Å². The summed E-state index contributed by atoms with van der Waals surface area (Å²) in [7, 11) is 2.93. The zero-order chi connectivity index (χ0) is 19.2. The molecule has 3 aromatic rings. The number of methoxy groups -OCH3 is 1. The molecule has 0 bridgehead atoms. The van der Waals surface area contributed by atoms with E-state index in [4.69, 9.17) is 4.42 Å². The Morgan fingerprint density at radius 3 is 2.48 bits per heavy atom. The van der Waals surface area contributed by atoms with Gasteiger partial charge in [0.1, 0.15) is 6.26 Å². The van der Waals surface area contributed by atoms with Crippen LogP contribution in [0.4, 0.5) is 16.2 Å². The van der Waals surface area contributed by atoms with E-state index < -0.39 is 6.09 Å². The van der Waals surface area contributed by atoms with Crippen molar-refractivity contribution in [3.05, 3.63) is 66.6 Å². The van der Waals surface area contributed by atoms with Crippen molar-refractivity contribution >= 4 is 23.4 Å². The van der Waals surface area contributed by atoms with E-state index in [1.54, 1.807) is 31.3 Å². The molecule has 0 unspecified atom stereocenters. The molecule has 1 N–H and O–H groups in total. The molecule has 1 heterocycles. The molecule has 0 fully saturated rings. The maximum absolute atomic E-state index is 12.2. The molecule has 138 valence electrons. The lowest BCUT2D eigenvalue weighted by Gasteiger charge is -2.15. The first-order chi connectivity index (χ1) is 13.1. The van der Waals surface area contributed by atoms with Crippen molar-refractivity contribution in [2.75, 3.05) is 24.4 Å². The largest absolute Gasteiger partial charge is 0.452 e. The summed E-state index contributed by atoms with van der Waals surface area (Å²) in [5, 5.41) is 2.79. The van der Waals surface area contributed by atoms with Crippen LogP contribution in [-0.4, -0.2) is 31.1 Å². The standard InChI is InChI=1S/C20H19N3O4/c1-23(20(25)26-2)17-10-8-15(9-11-17)21-18(24)12-16-13-27-19(22-16)14-6-4-3-5-7-14/h3-11,13H,12H2,1-2H3,(H,21,24). The van der Waals surface area contributed by atoms with Crippen LogP contribution >= 0.6 is 0 Å². The van der Waals surface area contributed by atoms with Gasteiger partial charge in [0.05, 0.1) is 19.2 Å². The average molecular weight is 365 g/mol. The average Bonchev–Trinajstić information content (AvgIpc) is 3.16. The van der Waals surface area contributed by atoms with Gasteiger partial charge in [-0.2, -0.15) is 0 Å². The van der Waals surface area contributed by atoms with Crippen LogP contribution in [0.25, 0.3) is 11.5 Å². The summed E-state index contributed by atoms with van der Waals surface area (Å²) in [6.07, 6.45) is 1.11. The summed E-state index contributed by atoms with van der Waals surface area (Å²) in [6.45, 7) is 0. The highest BCUT2D eigenvalue weighted by Crippen LogP contribution is 2.19. The number of aromatic nitrogens is 1. The molecule has 7 nitrogen and oxygen atoms in total. The highest BCUT2D eigenvalue weighted by molar-refractivity contribution is 5.93. The van der Waals surface area contributed by atoms with Gasteiger partial charge < -0.3 is 14.5 Å². The second-order valence-electron chi connectivity index (χ2n) is 5.81. The highest BCUT2D eigenvalue weighted by Gasteiger charge is 2.12. The maximum atomic E-state index is 12.2. The molecular formula is C20H19N3O4. The van der Waals surface area contributed by atoms with Crippen LogP contribution in [0.3, 0.4) is 0 Å². The molecule has 0 radical (unpaired) electrons. The van der Waals surface area contributed by atoms with E-state index in [0.29, 0.717) is 23.0 Å². The van der Waals surface area contributed by atoms with Gasteiger partial charge in [0.15, 0.2) is 0 Å². The number of nitrogens with one attached hydrogen (secondary N) is 1. The van der Waals surface area contributed by atoms with Crippen LogP contribution in [0.5, 0.6) is 0 Å². The second-order valence-corrected chi connectivity index (χ2v) is 5.81.